The van der Waals surface area contributed by atoms with Gasteiger partial charge >= 0.3 is 5.97 Å². The van der Waals surface area contributed by atoms with E-state index in [2.05, 4.69) is 20.9 Å². The summed E-state index contributed by atoms with van der Waals surface area (Å²) in [6, 6.07) is 6.07. The number of halogens is 3. The van der Waals surface area contributed by atoms with Crippen LogP contribution in [0, 0.1) is 0 Å². The van der Waals surface area contributed by atoms with Crippen LogP contribution in [0.2, 0.25) is 10.0 Å². The summed E-state index contributed by atoms with van der Waals surface area (Å²) in [4.78, 5) is 15.0. The van der Waals surface area contributed by atoms with Crippen LogP contribution in [-0.2, 0) is 0 Å². The largest absolute Gasteiger partial charge is 0.478 e. The van der Waals surface area contributed by atoms with Crippen molar-refractivity contribution in [2.75, 3.05) is 0 Å². The first-order valence-electron chi connectivity index (χ1n) is 4.99. The SMILES string of the molecule is O=C(O)c1cc(Br)ccc1Oc1ncc(Cl)cc1Cl. The summed E-state index contributed by atoms with van der Waals surface area (Å²) in [7, 11) is 0. The molecule has 0 spiro atoms. The van der Waals surface area contributed by atoms with Crippen molar-refractivity contribution in [1.29, 1.82) is 0 Å². The molecule has 2 aromatic rings. The third kappa shape index (κ3) is 3.37. The summed E-state index contributed by atoms with van der Waals surface area (Å²) in [5.41, 5.74) is 0.00203. The molecule has 7 heteroatoms. The third-order valence-electron chi connectivity index (χ3n) is 2.15. The molecule has 0 aliphatic rings. The molecule has 0 fully saturated rings. The van der Waals surface area contributed by atoms with Crippen molar-refractivity contribution in [2.45, 2.75) is 0 Å². The van der Waals surface area contributed by atoms with Crippen molar-refractivity contribution >= 4 is 45.1 Å². The number of ether oxygens (including phenoxy) is 1. The first-order chi connectivity index (χ1) is 8.97. The molecule has 1 aromatic carbocycles. The van der Waals surface area contributed by atoms with Crippen LogP contribution in [0.1, 0.15) is 10.4 Å². The Bertz CT molecular complexity index is 649. The van der Waals surface area contributed by atoms with Gasteiger partial charge in [-0.2, -0.15) is 0 Å². The van der Waals surface area contributed by atoms with Gasteiger partial charge in [0.2, 0.25) is 5.88 Å². The Morgan fingerprint density at radius 2 is 2.05 bits per heavy atom. The van der Waals surface area contributed by atoms with E-state index >= 15 is 0 Å². The van der Waals surface area contributed by atoms with E-state index in [9.17, 15) is 4.79 Å². The molecule has 0 radical (unpaired) electrons. The van der Waals surface area contributed by atoms with Gasteiger partial charge in [0.15, 0.2) is 0 Å². The van der Waals surface area contributed by atoms with Gasteiger partial charge < -0.3 is 9.84 Å². The van der Waals surface area contributed by atoms with Gasteiger partial charge in [0, 0.05) is 10.7 Å². The number of aromatic nitrogens is 1. The number of nitrogens with zero attached hydrogens (tertiary/aromatic N) is 1. The number of aromatic carboxylic acids is 1. The summed E-state index contributed by atoms with van der Waals surface area (Å²) in [5.74, 6) is -0.871. The number of benzene rings is 1. The molecule has 0 aliphatic carbocycles. The summed E-state index contributed by atoms with van der Waals surface area (Å²) in [6.45, 7) is 0. The summed E-state index contributed by atoms with van der Waals surface area (Å²) in [5, 5.41) is 9.67. The second-order valence-corrected chi connectivity index (χ2v) is 5.25. The van der Waals surface area contributed by atoms with Gasteiger partial charge in [0.05, 0.1) is 5.02 Å². The molecule has 1 aromatic heterocycles. The molecule has 19 heavy (non-hydrogen) atoms. The third-order valence-corrected chi connectivity index (χ3v) is 3.12. The average Bonchev–Trinajstić information content (AvgIpc) is 2.34. The van der Waals surface area contributed by atoms with E-state index in [1.54, 1.807) is 6.07 Å². The van der Waals surface area contributed by atoms with E-state index in [1.807, 2.05) is 0 Å². The minimum atomic E-state index is -1.11. The van der Waals surface area contributed by atoms with Crippen molar-refractivity contribution in [3.8, 4) is 11.6 Å². The Morgan fingerprint density at radius 3 is 2.68 bits per heavy atom. The predicted molar refractivity (Wildman–Crippen MR) is 75.4 cm³/mol. The van der Waals surface area contributed by atoms with Crippen LogP contribution in [0.25, 0.3) is 0 Å². The number of carbonyl (C=O) groups is 1. The van der Waals surface area contributed by atoms with Gasteiger partial charge in [0.25, 0.3) is 0 Å². The van der Waals surface area contributed by atoms with Gasteiger partial charge in [-0.05, 0) is 24.3 Å². The number of carboxylic acid groups (broad SMARTS) is 1. The first-order valence-corrected chi connectivity index (χ1v) is 6.54. The van der Waals surface area contributed by atoms with Crippen LogP contribution in [0.4, 0.5) is 0 Å². The van der Waals surface area contributed by atoms with Gasteiger partial charge in [-0.1, -0.05) is 39.1 Å². The number of rotatable bonds is 3. The second-order valence-electron chi connectivity index (χ2n) is 3.49. The highest BCUT2D eigenvalue weighted by Gasteiger charge is 2.14. The van der Waals surface area contributed by atoms with E-state index in [0.29, 0.717) is 9.50 Å². The zero-order valence-corrected chi connectivity index (χ0v) is 12.3. The molecule has 0 aliphatic heterocycles. The minimum absolute atomic E-state index is 0.00203. The standard InChI is InChI=1S/C12H6BrCl2NO3/c13-6-1-2-10(8(3-6)12(17)18)19-11-9(15)4-7(14)5-16-11/h1-5H,(H,17,18). The molecule has 0 saturated carbocycles. The Kier molecular flexibility index (Phi) is 4.29. The molecule has 1 heterocycles. The lowest BCUT2D eigenvalue weighted by atomic mass is 10.2. The molecule has 0 unspecified atom stereocenters. The van der Waals surface area contributed by atoms with Gasteiger partial charge in [-0.3, -0.25) is 0 Å². The van der Waals surface area contributed by atoms with Crippen LogP contribution in [-0.4, -0.2) is 16.1 Å². The van der Waals surface area contributed by atoms with Crippen LogP contribution < -0.4 is 4.74 Å². The number of hydrogen-bond acceptors (Lipinski definition) is 3. The molecule has 0 amide bonds. The molecule has 98 valence electrons. The van der Waals surface area contributed by atoms with Crippen molar-refractivity contribution in [1.82, 2.24) is 4.98 Å². The second kappa shape index (κ2) is 5.77. The smallest absolute Gasteiger partial charge is 0.339 e. The van der Waals surface area contributed by atoms with Crippen LogP contribution in [0.15, 0.2) is 34.9 Å². The van der Waals surface area contributed by atoms with E-state index in [4.69, 9.17) is 33.0 Å². The predicted octanol–water partition coefficient (Wildman–Crippen LogP) is 4.64. The molecule has 0 bridgehead atoms. The first kappa shape index (κ1) is 14.1. The zero-order chi connectivity index (χ0) is 14.0. The highest BCUT2D eigenvalue weighted by molar-refractivity contribution is 9.10. The quantitative estimate of drug-likeness (QED) is 0.863. The van der Waals surface area contributed by atoms with Crippen LogP contribution >= 0.6 is 39.1 Å². The fourth-order valence-electron chi connectivity index (χ4n) is 1.34. The number of carboxylic acids is 1. The van der Waals surface area contributed by atoms with Crippen molar-refractivity contribution in [2.24, 2.45) is 0 Å². The maximum atomic E-state index is 11.1. The highest BCUT2D eigenvalue weighted by atomic mass is 79.9. The van der Waals surface area contributed by atoms with E-state index < -0.39 is 5.97 Å². The van der Waals surface area contributed by atoms with Crippen molar-refractivity contribution in [3.63, 3.8) is 0 Å². The average molecular weight is 363 g/mol. The molecule has 0 atom stereocenters. The lowest BCUT2D eigenvalue weighted by Crippen LogP contribution is -2.01. The summed E-state index contributed by atoms with van der Waals surface area (Å²) in [6.07, 6.45) is 1.36. The number of pyridine rings is 1. The molecule has 4 nitrogen and oxygen atoms in total. The molecule has 2 rings (SSSR count). The molecule has 1 N–H and O–H groups in total. The van der Waals surface area contributed by atoms with Crippen LogP contribution in [0.5, 0.6) is 11.6 Å². The summed E-state index contributed by atoms with van der Waals surface area (Å²) >= 11 is 14.8. The van der Waals surface area contributed by atoms with E-state index in [-0.39, 0.29) is 22.2 Å². The topological polar surface area (TPSA) is 59.4 Å². The fourth-order valence-corrected chi connectivity index (χ4v) is 2.12. The molecular formula is C12H6BrCl2NO3. The number of hydrogen-bond donors (Lipinski definition) is 1. The van der Waals surface area contributed by atoms with Gasteiger partial charge in [0.1, 0.15) is 16.3 Å². The van der Waals surface area contributed by atoms with Crippen molar-refractivity contribution in [3.05, 3.63) is 50.5 Å². The minimum Gasteiger partial charge on any atom is -0.478 e. The normalized spacial score (nSPS) is 10.3. The van der Waals surface area contributed by atoms with Crippen LogP contribution in [0.3, 0.4) is 0 Å². The Hall–Kier alpha value is -1.30. The molecular weight excluding hydrogens is 357 g/mol. The van der Waals surface area contributed by atoms with Gasteiger partial charge in [-0.15, -0.1) is 0 Å². The lowest BCUT2D eigenvalue weighted by molar-refractivity contribution is 0.0694. The zero-order valence-electron chi connectivity index (χ0n) is 9.23. The Labute approximate surface area is 127 Å². The summed E-state index contributed by atoms with van der Waals surface area (Å²) < 4.78 is 6.04. The van der Waals surface area contributed by atoms with E-state index in [1.165, 1.54) is 24.4 Å². The van der Waals surface area contributed by atoms with E-state index in [0.717, 1.165) is 0 Å². The Morgan fingerprint density at radius 1 is 1.32 bits per heavy atom. The monoisotopic (exact) mass is 361 g/mol. The maximum Gasteiger partial charge on any atom is 0.339 e. The lowest BCUT2D eigenvalue weighted by Gasteiger charge is -2.09. The molecule has 0 saturated heterocycles. The Balaban J connectivity index is 2.40. The highest BCUT2D eigenvalue weighted by Crippen LogP contribution is 2.32. The fraction of sp³-hybridized carbons (Fsp3) is 0. The maximum absolute atomic E-state index is 11.1. The van der Waals surface area contributed by atoms with Gasteiger partial charge in [-0.25, -0.2) is 9.78 Å². The van der Waals surface area contributed by atoms with Crippen molar-refractivity contribution < 1.29 is 14.6 Å².